The van der Waals surface area contributed by atoms with Gasteiger partial charge in [-0.3, -0.25) is 4.79 Å². The van der Waals surface area contributed by atoms with Crippen molar-refractivity contribution >= 4 is 39.9 Å². The number of piperidine rings is 1. The molecule has 1 fully saturated rings. The highest BCUT2D eigenvalue weighted by Crippen LogP contribution is 2.35. The maximum atomic E-state index is 13.3. The fourth-order valence-electron chi connectivity index (χ4n) is 4.57. The molecule has 0 spiro atoms. The van der Waals surface area contributed by atoms with Gasteiger partial charge in [-0.25, -0.2) is 9.97 Å². The Morgan fingerprint density at radius 2 is 2.06 bits per heavy atom. The van der Waals surface area contributed by atoms with E-state index in [4.69, 9.17) is 11.5 Å². The second-order valence-corrected chi connectivity index (χ2v) is 9.19. The van der Waals surface area contributed by atoms with Crippen molar-refractivity contribution < 1.29 is 9.90 Å². The molecule has 172 valence electrons. The summed E-state index contributed by atoms with van der Waals surface area (Å²) in [7, 11) is 0. The minimum absolute atomic E-state index is 0.0452. The van der Waals surface area contributed by atoms with Crippen LogP contribution in [-0.4, -0.2) is 64.1 Å². The summed E-state index contributed by atoms with van der Waals surface area (Å²) in [6.45, 7) is 6.46. The van der Waals surface area contributed by atoms with Crippen LogP contribution in [-0.2, 0) is 0 Å². The molecule has 11 nitrogen and oxygen atoms in total. The van der Waals surface area contributed by atoms with E-state index in [-0.39, 0.29) is 36.2 Å². The summed E-state index contributed by atoms with van der Waals surface area (Å²) in [6.07, 6.45) is 2.10. The number of aromatic amines is 1. The third-order valence-corrected chi connectivity index (χ3v) is 6.28. The van der Waals surface area contributed by atoms with Crippen LogP contribution >= 0.6 is 0 Å². The van der Waals surface area contributed by atoms with E-state index in [9.17, 15) is 9.90 Å². The predicted molar refractivity (Wildman–Crippen MR) is 125 cm³/mol. The van der Waals surface area contributed by atoms with E-state index in [2.05, 4.69) is 38.8 Å². The van der Waals surface area contributed by atoms with Crippen LogP contribution in [0.5, 0.6) is 0 Å². The van der Waals surface area contributed by atoms with Gasteiger partial charge in [0, 0.05) is 18.0 Å². The van der Waals surface area contributed by atoms with Gasteiger partial charge in [0.25, 0.3) is 5.91 Å². The molecule has 1 aliphatic heterocycles. The molecule has 1 saturated heterocycles. The molecule has 0 unspecified atom stereocenters. The van der Waals surface area contributed by atoms with Gasteiger partial charge in [0.05, 0.1) is 29.9 Å². The van der Waals surface area contributed by atoms with E-state index in [1.54, 1.807) is 28.8 Å². The Morgan fingerprint density at radius 1 is 1.27 bits per heavy atom. The van der Waals surface area contributed by atoms with Gasteiger partial charge in [-0.2, -0.15) is 9.97 Å². The highest BCUT2D eigenvalue weighted by molar-refractivity contribution is 5.97. The van der Waals surface area contributed by atoms with Crippen LogP contribution in [0.2, 0.25) is 0 Å². The predicted octanol–water partition coefficient (Wildman–Crippen LogP) is 1.83. The van der Waals surface area contributed by atoms with Gasteiger partial charge in [-0.1, -0.05) is 13.8 Å². The quantitative estimate of drug-likeness (QED) is 0.368. The fraction of sp³-hybridized carbons (Fsp3) is 0.409. The zero-order valence-electron chi connectivity index (χ0n) is 18.8. The Bertz CT molecular complexity index is 1370. The van der Waals surface area contributed by atoms with Crippen molar-refractivity contribution in [1.29, 1.82) is 0 Å². The number of benzene rings is 1. The van der Waals surface area contributed by atoms with Crippen molar-refractivity contribution in [2.75, 3.05) is 24.6 Å². The molecule has 0 saturated carbocycles. The number of imidazole rings is 2. The third-order valence-electron chi connectivity index (χ3n) is 6.28. The van der Waals surface area contributed by atoms with E-state index in [1.165, 1.54) is 0 Å². The summed E-state index contributed by atoms with van der Waals surface area (Å²) >= 11 is 0. The van der Waals surface area contributed by atoms with Gasteiger partial charge >= 0.3 is 0 Å². The molecule has 11 heteroatoms. The second kappa shape index (κ2) is 7.41. The lowest BCUT2D eigenvalue weighted by Gasteiger charge is -2.43. The molecule has 6 N–H and O–H groups in total. The van der Waals surface area contributed by atoms with Gasteiger partial charge < -0.3 is 31.0 Å². The molecule has 0 aliphatic carbocycles. The number of aliphatic hydroxyl groups is 1. The SMILES string of the molecule is CC(C)c1nc2ccc(C(=O)N3CC[C@@H](n4cnc5c(N)nc(N)nc54)[C@](C)(O)C3)cc2[nH]1. The Hall–Kier alpha value is -3.73. The molecule has 0 radical (unpaired) electrons. The van der Waals surface area contributed by atoms with Crippen molar-refractivity contribution in [2.24, 2.45) is 0 Å². The summed E-state index contributed by atoms with van der Waals surface area (Å²) in [4.78, 5) is 35.3. The summed E-state index contributed by atoms with van der Waals surface area (Å²) in [5, 5.41) is 11.3. The number of likely N-dealkylation sites (tertiary alicyclic amines) is 1. The Kier molecular flexibility index (Phi) is 4.74. The number of nitrogen functional groups attached to an aromatic ring is 2. The number of H-pyrrole nitrogens is 1. The summed E-state index contributed by atoms with van der Waals surface area (Å²) in [6, 6.07) is 5.09. The number of rotatable bonds is 3. The van der Waals surface area contributed by atoms with Gasteiger partial charge in [-0.05, 0) is 31.5 Å². The van der Waals surface area contributed by atoms with Crippen molar-refractivity contribution in [3.8, 4) is 0 Å². The number of amides is 1. The van der Waals surface area contributed by atoms with E-state index in [0.717, 1.165) is 16.9 Å². The number of nitrogens with one attached hydrogen (secondary N) is 1. The molecular formula is C22H27N9O2. The van der Waals surface area contributed by atoms with E-state index < -0.39 is 5.60 Å². The zero-order chi connectivity index (χ0) is 23.5. The number of β-amino-alcohol motifs (C(OH)–C–C–N with tert-alkyl or cyclic N) is 1. The first-order valence-corrected chi connectivity index (χ1v) is 10.9. The molecule has 2 atom stereocenters. The Morgan fingerprint density at radius 3 is 2.79 bits per heavy atom. The number of hydrogen-bond donors (Lipinski definition) is 4. The average Bonchev–Trinajstić information content (AvgIpc) is 3.36. The van der Waals surface area contributed by atoms with Crippen LogP contribution in [0.25, 0.3) is 22.2 Å². The minimum atomic E-state index is -1.22. The van der Waals surface area contributed by atoms with Crippen LogP contribution in [0.1, 0.15) is 55.3 Å². The second-order valence-electron chi connectivity index (χ2n) is 9.19. The molecule has 33 heavy (non-hydrogen) atoms. The third kappa shape index (κ3) is 3.54. The summed E-state index contributed by atoms with van der Waals surface area (Å²) in [5.41, 5.74) is 13.6. The number of nitrogens with two attached hydrogens (primary N) is 2. The molecule has 5 rings (SSSR count). The number of carbonyl (C=O) groups excluding carboxylic acids is 1. The van der Waals surface area contributed by atoms with E-state index in [1.807, 2.05) is 12.1 Å². The van der Waals surface area contributed by atoms with Crippen LogP contribution in [0.15, 0.2) is 24.5 Å². The number of aromatic nitrogens is 6. The summed E-state index contributed by atoms with van der Waals surface area (Å²) in [5.74, 6) is 1.25. The van der Waals surface area contributed by atoms with Crippen molar-refractivity contribution in [3.05, 3.63) is 35.9 Å². The first kappa shape index (κ1) is 21.1. The van der Waals surface area contributed by atoms with Crippen LogP contribution in [0, 0.1) is 0 Å². The highest BCUT2D eigenvalue weighted by Gasteiger charge is 2.41. The molecule has 4 aromatic rings. The lowest BCUT2D eigenvalue weighted by molar-refractivity contribution is -0.0479. The van der Waals surface area contributed by atoms with Gasteiger partial charge in [0.1, 0.15) is 16.9 Å². The number of carbonyl (C=O) groups is 1. The van der Waals surface area contributed by atoms with Gasteiger partial charge in [0.2, 0.25) is 5.95 Å². The number of hydrogen-bond acceptors (Lipinski definition) is 8. The fourth-order valence-corrected chi connectivity index (χ4v) is 4.57. The zero-order valence-corrected chi connectivity index (χ0v) is 18.8. The molecule has 1 amide bonds. The highest BCUT2D eigenvalue weighted by atomic mass is 16.3. The van der Waals surface area contributed by atoms with E-state index >= 15 is 0 Å². The van der Waals surface area contributed by atoms with Crippen LogP contribution < -0.4 is 11.5 Å². The average molecular weight is 450 g/mol. The number of fused-ring (bicyclic) bond motifs is 2. The minimum Gasteiger partial charge on any atom is -0.386 e. The number of nitrogens with zero attached hydrogens (tertiary/aromatic N) is 6. The monoisotopic (exact) mass is 449 g/mol. The van der Waals surface area contributed by atoms with Crippen LogP contribution in [0.3, 0.4) is 0 Å². The standard InChI is InChI=1S/C22H27N9O2/c1-11(2)18-26-13-5-4-12(8-14(13)27-18)20(32)30-7-6-15(22(3,33)9-30)31-10-25-16-17(23)28-21(24)29-19(16)31/h4-5,8,10-11,15,33H,6-7,9H2,1-3H3,(H,26,27)(H4,23,24,28,29)/t15-,22-/m1/s1. The topological polar surface area (TPSA) is 165 Å². The molecule has 3 aromatic heterocycles. The normalized spacial score (nSPS) is 21.4. The van der Waals surface area contributed by atoms with Gasteiger partial charge in [-0.15, -0.1) is 0 Å². The van der Waals surface area contributed by atoms with Crippen molar-refractivity contribution in [3.63, 3.8) is 0 Å². The molecule has 0 bridgehead atoms. The molecular weight excluding hydrogens is 422 g/mol. The lowest BCUT2D eigenvalue weighted by atomic mass is 9.88. The summed E-state index contributed by atoms with van der Waals surface area (Å²) < 4.78 is 1.77. The largest absolute Gasteiger partial charge is 0.386 e. The van der Waals surface area contributed by atoms with Gasteiger partial charge in [0.15, 0.2) is 11.5 Å². The lowest BCUT2D eigenvalue weighted by Crippen LogP contribution is -2.54. The van der Waals surface area contributed by atoms with Crippen molar-refractivity contribution in [2.45, 2.75) is 44.8 Å². The first-order chi connectivity index (χ1) is 15.6. The smallest absolute Gasteiger partial charge is 0.254 e. The molecule has 1 aliphatic rings. The maximum absolute atomic E-state index is 13.3. The van der Waals surface area contributed by atoms with Crippen LogP contribution in [0.4, 0.5) is 11.8 Å². The maximum Gasteiger partial charge on any atom is 0.254 e. The molecule has 1 aromatic carbocycles. The van der Waals surface area contributed by atoms with E-state index in [0.29, 0.717) is 29.7 Å². The van der Waals surface area contributed by atoms with Crippen molar-refractivity contribution in [1.82, 2.24) is 34.4 Å². The molecule has 4 heterocycles. The first-order valence-electron chi connectivity index (χ1n) is 10.9. The Balaban J connectivity index is 1.40. The number of anilines is 2. The Labute approximate surface area is 189 Å².